The molecule has 0 fully saturated rings. The summed E-state index contributed by atoms with van der Waals surface area (Å²) in [4.78, 5) is 0. The standard InChI is InChI=1S/C22H37N/c1-4-5-6-7-8-9-10-11-15-18-22(23-3)19-20(2)21-16-13-12-14-17-21/h12-14,16-17,20,22-23H,1-2,4-11,15,18-19H2,3H3. The average Bonchev–Trinajstić information content (AvgIpc) is 2.59. The van der Waals surface area contributed by atoms with Crippen LogP contribution in [0.5, 0.6) is 0 Å². The minimum Gasteiger partial charge on any atom is -0.317 e. The van der Waals surface area contributed by atoms with E-state index in [9.17, 15) is 0 Å². The Hall–Kier alpha value is -0.820. The van der Waals surface area contributed by atoms with E-state index in [1.54, 1.807) is 0 Å². The van der Waals surface area contributed by atoms with Crippen molar-refractivity contribution < 1.29 is 0 Å². The van der Waals surface area contributed by atoms with Crippen LogP contribution in [-0.2, 0) is 0 Å². The smallest absolute Gasteiger partial charge is 0.00698 e. The first-order valence-corrected chi connectivity index (χ1v) is 9.62. The lowest BCUT2D eigenvalue weighted by Crippen LogP contribution is -2.26. The van der Waals surface area contributed by atoms with Crippen LogP contribution in [-0.4, -0.2) is 13.1 Å². The maximum absolute atomic E-state index is 4.34. The second-order valence-electron chi connectivity index (χ2n) is 6.80. The van der Waals surface area contributed by atoms with Gasteiger partial charge in [0.05, 0.1) is 0 Å². The summed E-state index contributed by atoms with van der Waals surface area (Å²) < 4.78 is 0. The summed E-state index contributed by atoms with van der Waals surface area (Å²) in [6.07, 6.45) is 14.5. The minimum atomic E-state index is 0.390. The van der Waals surface area contributed by atoms with E-state index in [1.807, 2.05) is 0 Å². The van der Waals surface area contributed by atoms with Crippen molar-refractivity contribution in [3.8, 4) is 0 Å². The molecule has 2 atom stereocenters. The van der Waals surface area contributed by atoms with E-state index in [2.05, 4.69) is 56.5 Å². The highest BCUT2D eigenvalue weighted by atomic mass is 14.9. The van der Waals surface area contributed by atoms with Crippen LogP contribution in [0.2, 0.25) is 0 Å². The topological polar surface area (TPSA) is 12.0 Å². The third-order valence-corrected chi connectivity index (χ3v) is 4.80. The second-order valence-corrected chi connectivity index (χ2v) is 6.80. The van der Waals surface area contributed by atoms with Gasteiger partial charge in [0.1, 0.15) is 0 Å². The molecule has 1 heteroatoms. The third kappa shape index (κ3) is 9.81. The predicted molar refractivity (Wildman–Crippen MR) is 104 cm³/mol. The van der Waals surface area contributed by atoms with Crippen molar-refractivity contribution in [2.75, 3.05) is 7.05 Å². The van der Waals surface area contributed by atoms with E-state index in [0.717, 1.165) is 12.8 Å². The van der Waals surface area contributed by atoms with Crippen LogP contribution in [0.3, 0.4) is 0 Å². The van der Waals surface area contributed by atoms with Gasteiger partial charge in [-0.25, -0.2) is 0 Å². The molecule has 0 amide bonds. The van der Waals surface area contributed by atoms with Gasteiger partial charge in [-0.1, -0.05) is 95.0 Å². The fraction of sp³-hybridized carbons (Fsp3) is 0.636. The van der Waals surface area contributed by atoms with Crippen molar-refractivity contribution in [3.63, 3.8) is 0 Å². The first kappa shape index (κ1) is 20.2. The maximum atomic E-state index is 4.34. The molecule has 0 aliphatic carbocycles. The van der Waals surface area contributed by atoms with E-state index in [0.29, 0.717) is 12.0 Å². The minimum absolute atomic E-state index is 0.390. The molecule has 23 heavy (non-hydrogen) atoms. The lowest BCUT2D eigenvalue weighted by molar-refractivity contribution is 0.442. The summed E-state index contributed by atoms with van der Waals surface area (Å²) in [6.45, 7) is 8.24. The van der Waals surface area contributed by atoms with Crippen LogP contribution < -0.4 is 5.32 Å². The number of hydrogen-bond donors (Lipinski definition) is 1. The zero-order valence-electron chi connectivity index (χ0n) is 15.2. The number of unbranched alkanes of at least 4 members (excludes halogenated alkanes) is 8. The quantitative estimate of drug-likeness (QED) is 0.396. The molecular weight excluding hydrogens is 278 g/mol. The zero-order chi connectivity index (χ0) is 16.8. The first-order valence-electron chi connectivity index (χ1n) is 9.62. The fourth-order valence-corrected chi connectivity index (χ4v) is 3.21. The van der Waals surface area contributed by atoms with Gasteiger partial charge in [-0.15, -0.1) is 0 Å². The molecule has 1 rings (SSSR count). The van der Waals surface area contributed by atoms with Gasteiger partial charge < -0.3 is 5.32 Å². The summed E-state index contributed by atoms with van der Waals surface area (Å²) in [5, 5.41) is 3.48. The molecule has 0 saturated heterocycles. The van der Waals surface area contributed by atoms with Crippen LogP contribution in [0.15, 0.2) is 30.3 Å². The van der Waals surface area contributed by atoms with Crippen LogP contribution >= 0.6 is 0 Å². The van der Waals surface area contributed by atoms with Crippen molar-refractivity contribution in [1.29, 1.82) is 0 Å². The molecule has 0 heterocycles. The molecule has 1 N–H and O–H groups in total. The van der Waals surface area contributed by atoms with Crippen molar-refractivity contribution in [3.05, 3.63) is 49.7 Å². The Kier molecular flexibility index (Phi) is 12.0. The largest absolute Gasteiger partial charge is 0.317 e. The molecule has 130 valence electrons. The zero-order valence-corrected chi connectivity index (χ0v) is 15.2. The molecule has 0 bridgehead atoms. The Morgan fingerprint density at radius 3 is 2.00 bits per heavy atom. The highest BCUT2D eigenvalue weighted by Crippen LogP contribution is 2.22. The Morgan fingerprint density at radius 2 is 1.43 bits per heavy atom. The van der Waals surface area contributed by atoms with Gasteiger partial charge in [-0.2, -0.15) is 0 Å². The molecule has 0 saturated carbocycles. The Morgan fingerprint density at radius 1 is 0.870 bits per heavy atom. The number of hydrogen-bond acceptors (Lipinski definition) is 1. The Balaban J connectivity index is 2.07. The SMILES string of the molecule is [CH2]CCCCCCCCCCC(CC([CH2])c1ccccc1)NC. The third-order valence-electron chi connectivity index (χ3n) is 4.80. The van der Waals surface area contributed by atoms with Crippen molar-refractivity contribution in [1.82, 2.24) is 5.32 Å². The summed E-state index contributed by atoms with van der Waals surface area (Å²) in [5.41, 5.74) is 1.36. The summed E-state index contributed by atoms with van der Waals surface area (Å²) in [5.74, 6) is 0.390. The molecule has 0 spiro atoms. The first-order chi connectivity index (χ1) is 11.3. The Labute approximate surface area is 145 Å². The molecule has 1 nitrogen and oxygen atoms in total. The van der Waals surface area contributed by atoms with Crippen LogP contribution in [0.1, 0.15) is 82.1 Å². The summed E-state index contributed by atoms with van der Waals surface area (Å²) in [7, 11) is 2.09. The lowest BCUT2D eigenvalue weighted by Gasteiger charge is -2.21. The predicted octanol–water partition coefficient (Wildman–Crippen LogP) is 6.32. The van der Waals surface area contributed by atoms with Gasteiger partial charge in [-0.3, -0.25) is 0 Å². The normalized spacial score (nSPS) is 13.9. The highest BCUT2D eigenvalue weighted by Gasteiger charge is 2.12. The van der Waals surface area contributed by atoms with Gasteiger partial charge in [0.2, 0.25) is 0 Å². The fourth-order valence-electron chi connectivity index (χ4n) is 3.21. The van der Waals surface area contributed by atoms with Crippen LogP contribution in [0.4, 0.5) is 0 Å². The number of nitrogens with one attached hydrogen (secondary N) is 1. The Bertz CT molecular complexity index is 359. The van der Waals surface area contributed by atoms with Crippen LogP contribution in [0, 0.1) is 13.8 Å². The molecule has 1 aromatic carbocycles. The van der Waals surface area contributed by atoms with Crippen LogP contribution in [0.25, 0.3) is 0 Å². The van der Waals surface area contributed by atoms with E-state index >= 15 is 0 Å². The molecule has 2 radical (unpaired) electrons. The van der Waals surface area contributed by atoms with Gasteiger partial charge >= 0.3 is 0 Å². The van der Waals surface area contributed by atoms with Gasteiger partial charge in [0.25, 0.3) is 0 Å². The maximum Gasteiger partial charge on any atom is 0.00698 e. The van der Waals surface area contributed by atoms with E-state index in [-0.39, 0.29) is 0 Å². The molecule has 1 aromatic rings. The molecule has 0 aliphatic rings. The van der Waals surface area contributed by atoms with Gasteiger partial charge in [0.15, 0.2) is 0 Å². The number of rotatable bonds is 14. The number of benzene rings is 1. The van der Waals surface area contributed by atoms with Gasteiger partial charge in [-0.05, 0) is 38.3 Å². The molecule has 2 unspecified atom stereocenters. The molecule has 0 aromatic heterocycles. The summed E-state index contributed by atoms with van der Waals surface area (Å²) >= 11 is 0. The molecular formula is C22H37N. The van der Waals surface area contributed by atoms with Crippen molar-refractivity contribution >= 4 is 0 Å². The average molecular weight is 316 g/mol. The van der Waals surface area contributed by atoms with E-state index < -0.39 is 0 Å². The lowest BCUT2D eigenvalue weighted by atomic mass is 9.91. The van der Waals surface area contributed by atoms with Crippen molar-refractivity contribution in [2.24, 2.45) is 0 Å². The van der Waals surface area contributed by atoms with Crippen molar-refractivity contribution in [2.45, 2.75) is 82.6 Å². The monoisotopic (exact) mass is 315 g/mol. The second kappa shape index (κ2) is 13.6. The van der Waals surface area contributed by atoms with E-state index in [1.165, 1.54) is 63.4 Å². The summed E-state index contributed by atoms with van der Waals surface area (Å²) in [6, 6.07) is 11.3. The van der Waals surface area contributed by atoms with E-state index in [4.69, 9.17) is 0 Å². The highest BCUT2D eigenvalue weighted by molar-refractivity contribution is 5.20. The van der Waals surface area contributed by atoms with Gasteiger partial charge in [0, 0.05) is 6.04 Å². The molecule has 0 aliphatic heterocycles.